The number of amides is 1. The molecular weight excluding hydrogens is 358 g/mol. The van der Waals surface area contributed by atoms with Crippen molar-refractivity contribution in [3.63, 3.8) is 0 Å². The maximum atomic E-state index is 12.4. The Balaban J connectivity index is 1.55. The molecule has 4 aromatic rings. The Morgan fingerprint density at radius 2 is 1.85 bits per heavy atom. The first-order chi connectivity index (χ1) is 13.1. The second kappa shape index (κ2) is 7.17. The normalized spacial score (nSPS) is 10.7. The lowest BCUT2D eigenvalue weighted by Gasteiger charge is -2.08. The molecule has 0 aliphatic rings. The maximum absolute atomic E-state index is 12.4. The molecule has 3 aromatic heterocycles. The van der Waals surface area contributed by atoms with Gasteiger partial charge in [-0.25, -0.2) is 4.98 Å². The first-order valence-electron chi connectivity index (χ1n) is 8.43. The molecule has 6 heteroatoms. The largest absolute Gasteiger partial charge is 0.443 e. The zero-order chi connectivity index (χ0) is 18.8. The lowest BCUT2D eigenvalue weighted by Crippen LogP contribution is -2.13. The second-order valence-electron chi connectivity index (χ2n) is 6.21. The van der Waals surface area contributed by atoms with Gasteiger partial charge in [0.15, 0.2) is 12.2 Å². The van der Waals surface area contributed by atoms with E-state index in [1.54, 1.807) is 36.0 Å². The van der Waals surface area contributed by atoms with Crippen molar-refractivity contribution in [2.24, 2.45) is 0 Å². The summed E-state index contributed by atoms with van der Waals surface area (Å²) in [6.07, 6.45) is 6.46. The molecule has 0 fully saturated rings. The van der Waals surface area contributed by atoms with Crippen molar-refractivity contribution in [1.29, 1.82) is 0 Å². The Bertz CT molecular complexity index is 1080. The van der Waals surface area contributed by atoms with E-state index in [-0.39, 0.29) is 5.91 Å². The van der Waals surface area contributed by atoms with Crippen LogP contribution >= 0.6 is 11.3 Å². The molecule has 0 saturated carbocycles. The summed E-state index contributed by atoms with van der Waals surface area (Å²) in [6.45, 7) is 3.95. The van der Waals surface area contributed by atoms with E-state index in [2.05, 4.69) is 28.3 Å². The van der Waals surface area contributed by atoms with Crippen molar-refractivity contribution in [3.05, 3.63) is 78.1 Å². The Labute approximate surface area is 160 Å². The van der Waals surface area contributed by atoms with Crippen molar-refractivity contribution in [2.75, 3.05) is 5.32 Å². The topological polar surface area (TPSA) is 68.0 Å². The van der Waals surface area contributed by atoms with Gasteiger partial charge in [0, 0.05) is 28.5 Å². The van der Waals surface area contributed by atoms with E-state index in [0.717, 1.165) is 27.5 Å². The van der Waals surface area contributed by atoms with Crippen LogP contribution in [0.5, 0.6) is 0 Å². The number of carbonyl (C=O) groups is 1. The van der Waals surface area contributed by atoms with Gasteiger partial charge in [-0.05, 0) is 54.8 Å². The molecule has 3 heterocycles. The number of nitrogens with zero attached hydrogens (tertiary/aromatic N) is 2. The third-order valence-electron chi connectivity index (χ3n) is 4.26. The van der Waals surface area contributed by atoms with E-state index in [9.17, 15) is 4.79 Å². The van der Waals surface area contributed by atoms with E-state index < -0.39 is 0 Å². The van der Waals surface area contributed by atoms with E-state index in [1.807, 2.05) is 31.2 Å². The molecule has 27 heavy (non-hydrogen) atoms. The van der Waals surface area contributed by atoms with Gasteiger partial charge in [0.25, 0.3) is 5.91 Å². The summed E-state index contributed by atoms with van der Waals surface area (Å²) in [5, 5.41) is 2.93. The zero-order valence-electron chi connectivity index (χ0n) is 14.9. The van der Waals surface area contributed by atoms with Gasteiger partial charge in [-0.15, -0.1) is 11.3 Å². The number of thiophene rings is 1. The van der Waals surface area contributed by atoms with E-state index in [1.165, 1.54) is 16.8 Å². The number of carbonyl (C=O) groups excluding carboxylic acids is 1. The molecule has 1 amide bonds. The molecule has 0 radical (unpaired) electrons. The highest BCUT2D eigenvalue weighted by molar-refractivity contribution is 7.19. The number of oxazole rings is 1. The SMILES string of the molecule is Cc1cnccc1C(=O)Nc1ccc(-c2sc(-c3cnco3)cc2C)cc1. The fraction of sp³-hybridized carbons (Fsp3) is 0.0952. The molecule has 0 aliphatic carbocycles. The lowest BCUT2D eigenvalue weighted by atomic mass is 10.1. The number of rotatable bonds is 4. The fourth-order valence-corrected chi connectivity index (χ4v) is 3.99. The van der Waals surface area contributed by atoms with Crippen LogP contribution in [0.15, 0.2) is 65.8 Å². The van der Waals surface area contributed by atoms with Crippen LogP contribution in [-0.4, -0.2) is 15.9 Å². The highest BCUT2D eigenvalue weighted by Gasteiger charge is 2.13. The quantitative estimate of drug-likeness (QED) is 0.523. The van der Waals surface area contributed by atoms with Crippen molar-refractivity contribution in [1.82, 2.24) is 9.97 Å². The standard InChI is InChI=1S/C21H17N3O2S/c1-13-9-19(18-11-23-12-26-18)27-20(13)15-3-5-16(6-4-15)24-21(25)17-7-8-22-10-14(17)2/h3-12H,1-2H3,(H,24,25). The molecule has 1 aromatic carbocycles. The van der Waals surface area contributed by atoms with Crippen LogP contribution < -0.4 is 5.32 Å². The number of hydrogen-bond donors (Lipinski definition) is 1. The molecule has 4 rings (SSSR count). The van der Waals surface area contributed by atoms with Crippen LogP contribution in [0.4, 0.5) is 5.69 Å². The Kier molecular flexibility index (Phi) is 4.56. The molecule has 0 aliphatic heterocycles. The predicted octanol–water partition coefficient (Wildman–Crippen LogP) is 5.33. The van der Waals surface area contributed by atoms with Gasteiger partial charge in [0.1, 0.15) is 0 Å². The van der Waals surface area contributed by atoms with Crippen LogP contribution in [0, 0.1) is 13.8 Å². The van der Waals surface area contributed by atoms with Crippen LogP contribution in [0.2, 0.25) is 0 Å². The van der Waals surface area contributed by atoms with Gasteiger partial charge < -0.3 is 9.73 Å². The number of aryl methyl sites for hydroxylation is 2. The number of benzene rings is 1. The highest BCUT2D eigenvalue weighted by atomic mass is 32.1. The molecule has 0 atom stereocenters. The minimum atomic E-state index is -0.137. The minimum Gasteiger partial charge on any atom is -0.443 e. The van der Waals surface area contributed by atoms with Crippen molar-refractivity contribution in [3.8, 4) is 21.1 Å². The summed E-state index contributed by atoms with van der Waals surface area (Å²) < 4.78 is 5.39. The Morgan fingerprint density at radius 3 is 2.56 bits per heavy atom. The van der Waals surface area contributed by atoms with Crippen molar-refractivity contribution >= 4 is 22.9 Å². The fourth-order valence-electron chi connectivity index (χ4n) is 2.86. The molecule has 0 saturated heterocycles. The summed E-state index contributed by atoms with van der Waals surface area (Å²) >= 11 is 1.66. The van der Waals surface area contributed by atoms with Crippen molar-refractivity contribution in [2.45, 2.75) is 13.8 Å². The number of hydrogen-bond acceptors (Lipinski definition) is 5. The van der Waals surface area contributed by atoms with Gasteiger partial charge in [0.2, 0.25) is 0 Å². The minimum absolute atomic E-state index is 0.137. The first kappa shape index (κ1) is 17.2. The molecular formula is C21H17N3O2S. The molecule has 0 spiro atoms. The highest BCUT2D eigenvalue weighted by Crippen LogP contribution is 2.38. The average molecular weight is 375 g/mol. The number of anilines is 1. The van der Waals surface area contributed by atoms with Gasteiger partial charge in [0.05, 0.1) is 11.1 Å². The summed E-state index contributed by atoms with van der Waals surface area (Å²) in [5.74, 6) is 0.633. The first-order valence-corrected chi connectivity index (χ1v) is 9.25. The summed E-state index contributed by atoms with van der Waals surface area (Å²) in [7, 11) is 0. The van der Waals surface area contributed by atoms with Crippen LogP contribution in [0.1, 0.15) is 21.5 Å². The van der Waals surface area contributed by atoms with Crippen LogP contribution in [-0.2, 0) is 0 Å². The predicted molar refractivity (Wildman–Crippen MR) is 107 cm³/mol. The van der Waals surface area contributed by atoms with Crippen LogP contribution in [0.3, 0.4) is 0 Å². The van der Waals surface area contributed by atoms with Gasteiger partial charge in [-0.3, -0.25) is 9.78 Å². The average Bonchev–Trinajstić information content (AvgIpc) is 3.32. The van der Waals surface area contributed by atoms with Gasteiger partial charge in [-0.1, -0.05) is 12.1 Å². The Morgan fingerprint density at radius 1 is 1.04 bits per heavy atom. The van der Waals surface area contributed by atoms with Crippen molar-refractivity contribution < 1.29 is 9.21 Å². The third-order valence-corrected chi connectivity index (χ3v) is 5.56. The zero-order valence-corrected chi connectivity index (χ0v) is 15.7. The van der Waals surface area contributed by atoms with Gasteiger partial charge in [-0.2, -0.15) is 0 Å². The second-order valence-corrected chi connectivity index (χ2v) is 7.26. The Hall–Kier alpha value is -3.25. The summed E-state index contributed by atoms with van der Waals surface area (Å²) in [4.78, 5) is 22.6. The number of aromatic nitrogens is 2. The third kappa shape index (κ3) is 3.52. The maximum Gasteiger partial charge on any atom is 0.256 e. The molecule has 0 unspecified atom stereocenters. The lowest BCUT2D eigenvalue weighted by molar-refractivity contribution is 0.102. The van der Waals surface area contributed by atoms with E-state index in [4.69, 9.17) is 4.42 Å². The smallest absolute Gasteiger partial charge is 0.256 e. The van der Waals surface area contributed by atoms with E-state index in [0.29, 0.717) is 5.56 Å². The molecule has 1 N–H and O–H groups in total. The monoisotopic (exact) mass is 375 g/mol. The van der Waals surface area contributed by atoms with E-state index >= 15 is 0 Å². The summed E-state index contributed by atoms with van der Waals surface area (Å²) in [5.41, 5.74) is 4.50. The summed E-state index contributed by atoms with van der Waals surface area (Å²) in [6, 6.07) is 11.7. The number of pyridine rings is 1. The molecule has 5 nitrogen and oxygen atoms in total. The van der Waals surface area contributed by atoms with Gasteiger partial charge >= 0.3 is 0 Å². The van der Waals surface area contributed by atoms with Crippen LogP contribution in [0.25, 0.3) is 21.1 Å². The number of nitrogens with one attached hydrogen (secondary N) is 1. The molecule has 0 bridgehead atoms. The molecule has 134 valence electrons.